The Morgan fingerprint density at radius 2 is 1.93 bits per heavy atom. The molecule has 0 saturated heterocycles. The summed E-state index contributed by atoms with van der Waals surface area (Å²) in [5, 5.41) is 22.7. The maximum Gasteiger partial charge on any atom is 0.328 e. The summed E-state index contributed by atoms with van der Waals surface area (Å²) in [6.07, 6.45) is 0.667. The number of nitrogens with one attached hydrogen (secondary N) is 2. The van der Waals surface area contributed by atoms with Gasteiger partial charge in [-0.1, -0.05) is 0 Å². The summed E-state index contributed by atoms with van der Waals surface area (Å²) in [7, 11) is 0. The zero-order valence-corrected chi connectivity index (χ0v) is 8.78. The highest BCUT2D eigenvalue weighted by molar-refractivity contribution is 5.83. The molecule has 1 rings (SSSR count). The van der Waals surface area contributed by atoms with E-state index >= 15 is 0 Å². The first-order valence-electron chi connectivity index (χ1n) is 4.84. The molecule has 1 aliphatic carbocycles. The molecule has 0 aromatic carbocycles. The molecule has 1 aliphatic rings. The van der Waals surface area contributed by atoms with Gasteiger partial charge in [-0.3, -0.25) is 0 Å². The number of aliphatic hydroxyl groups excluding tert-OH is 1. The summed E-state index contributed by atoms with van der Waals surface area (Å²) >= 11 is 0. The van der Waals surface area contributed by atoms with Crippen molar-refractivity contribution >= 4 is 12.0 Å². The number of carbonyl (C=O) groups is 2. The van der Waals surface area contributed by atoms with Crippen LogP contribution in [-0.4, -0.2) is 39.9 Å². The van der Waals surface area contributed by atoms with E-state index in [-0.39, 0.29) is 5.54 Å². The molecule has 0 unspecified atom stereocenters. The van der Waals surface area contributed by atoms with E-state index in [1.54, 1.807) is 0 Å². The van der Waals surface area contributed by atoms with Crippen LogP contribution in [0.3, 0.4) is 0 Å². The predicted octanol–water partition coefficient (Wildman–Crippen LogP) is -0.328. The van der Waals surface area contributed by atoms with Crippen LogP contribution in [0.25, 0.3) is 0 Å². The van der Waals surface area contributed by atoms with Gasteiger partial charge in [0.15, 0.2) is 6.04 Å². The number of carboxylic acid groups (broad SMARTS) is 1. The highest BCUT2D eigenvalue weighted by Crippen LogP contribution is 2.33. The van der Waals surface area contributed by atoms with Crippen molar-refractivity contribution in [3.8, 4) is 0 Å². The molecule has 4 N–H and O–H groups in total. The molecule has 15 heavy (non-hydrogen) atoms. The molecule has 1 fully saturated rings. The Kier molecular flexibility index (Phi) is 3.18. The van der Waals surface area contributed by atoms with Gasteiger partial charge in [-0.15, -0.1) is 0 Å². The van der Waals surface area contributed by atoms with Crippen molar-refractivity contribution < 1.29 is 19.8 Å². The van der Waals surface area contributed by atoms with Crippen LogP contribution in [0.2, 0.25) is 0 Å². The minimum absolute atomic E-state index is 0.203. The summed E-state index contributed by atoms with van der Waals surface area (Å²) in [6.45, 7) is 3.20. The van der Waals surface area contributed by atoms with Crippen LogP contribution in [0.5, 0.6) is 0 Å². The van der Waals surface area contributed by atoms with Crippen molar-refractivity contribution in [1.29, 1.82) is 0 Å². The fourth-order valence-corrected chi connectivity index (χ4v) is 1.15. The second-order valence-corrected chi connectivity index (χ2v) is 4.22. The predicted molar refractivity (Wildman–Crippen MR) is 52.4 cm³/mol. The minimum Gasteiger partial charge on any atom is -0.480 e. The van der Waals surface area contributed by atoms with Gasteiger partial charge >= 0.3 is 12.0 Å². The lowest BCUT2D eigenvalue weighted by atomic mass is 10.2. The quantitative estimate of drug-likeness (QED) is 0.517. The first-order valence-corrected chi connectivity index (χ1v) is 4.84. The third-order valence-corrected chi connectivity index (χ3v) is 2.45. The largest absolute Gasteiger partial charge is 0.480 e. The molecule has 86 valence electrons. The van der Waals surface area contributed by atoms with Gasteiger partial charge < -0.3 is 20.8 Å². The summed E-state index contributed by atoms with van der Waals surface area (Å²) < 4.78 is 0. The van der Waals surface area contributed by atoms with Gasteiger partial charge in [0.25, 0.3) is 0 Å². The first kappa shape index (κ1) is 11.8. The molecule has 2 atom stereocenters. The van der Waals surface area contributed by atoms with Crippen molar-refractivity contribution in [1.82, 2.24) is 10.6 Å². The number of hydrogen-bond acceptors (Lipinski definition) is 3. The Bertz CT molecular complexity index is 273. The summed E-state index contributed by atoms with van der Waals surface area (Å²) in [4.78, 5) is 22.0. The van der Waals surface area contributed by atoms with Crippen LogP contribution < -0.4 is 10.6 Å². The van der Waals surface area contributed by atoms with E-state index in [1.807, 2.05) is 6.92 Å². The fourth-order valence-electron chi connectivity index (χ4n) is 1.15. The normalized spacial score (nSPS) is 21.3. The number of rotatable bonds is 4. The number of aliphatic carboxylic acids is 1. The SMILES string of the molecule is C[C@@H](O)[C@H](NC(=O)NC1(C)CC1)C(=O)O. The smallest absolute Gasteiger partial charge is 0.328 e. The van der Waals surface area contributed by atoms with Crippen molar-refractivity contribution in [3.63, 3.8) is 0 Å². The van der Waals surface area contributed by atoms with Crippen LogP contribution in [-0.2, 0) is 4.79 Å². The Morgan fingerprint density at radius 1 is 1.40 bits per heavy atom. The fraction of sp³-hybridized carbons (Fsp3) is 0.778. The second-order valence-electron chi connectivity index (χ2n) is 4.22. The van der Waals surface area contributed by atoms with Crippen LogP contribution in [0.4, 0.5) is 4.79 Å². The van der Waals surface area contributed by atoms with E-state index < -0.39 is 24.1 Å². The highest BCUT2D eigenvalue weighted by atomic mass is 16.4. The summed E-state index contributed by atoms with van der Waals surface area (Å²) in [5.41, 5.74) is -0.203. The van der Waals surface area contributed by atoms with Crippen molar-refractivity contribution in [2.24, 2.45) is 0 Å². The molecular weight excluding hydrogens is 200 g/mol. The lowest BCUT2D eigenvalue weighted by Crippen LogP contribution is -2.53. The molecule has 0 heterocycles. The molecule has 0 bridgehead atoms. The summed E-state index contributed by atoms with van der Waals surface area (Å²) in [6, 6.07) is -1.82. The molecule has 0 radical (unpaired) electrons. The summed E-state index contributed by atoms with van der Waals surface area (Å²) in [5.74, 6) is -1.25. The van der Waals surface area contributed by atoms with E-state index in [0.717, 1.165) is 12.8 Å². The number of amides is 2. The van der Waals surface area contributed by atoms with Crippen molar-refractivity contribution in [2.75, 3.05) is 0 Å². The zero-order valence-electron chi connectivity index (χ0n) is 8.78. The standard InChI is InChI=1S/C9H16N2O4/c1-5(12)6(7(13)14)10-8(15)11-9(2)3-4-9/h5-6,12H,3-4H2,1-2H3,(H,13,14)(H2,10,11,15)/t5-,6+/m1/s1. The molecule has 6 heteroatoms. The van der Waals surface area contributed by atoms with E-state index in [4.69, 9.17) is 10.2 Å². The molecule has 6 nitrogen and oxygen atoms in total. The van der Waals surface area contributed by atoms with Crippen LogP contribution in [0, 0.1) is 0 Å². The maximum absolute atomic E-state index is 11.3. The Morgan fingerprint density at radius 3 is 2.27 bits per heavy atom. The van der Waals surface area contributed by atoms with Crippen molar-refractivity contribution in [3.05, 3.63) is 0 Å². The number of hydrogen-bond donors (Lipinski definition) is 4. The van der Waals surface area contributed by atoms with Gasteiger partial charge in [0.2, 0.25) is 0 Å². The molecule has 0 aromatic heterocycles. The van der Waals surface area contributed by atoms with E-state index in [0.29, 0.717) is 0 Å². The Hall–Kier alpha value is -1.30. The van der Waals surface area contributed by atoms with Gasteiger partial charge in [-0.25, -0.2) is 9.59 Å². The second kappa shape index (κ2) is 4.06. The Balaban J connectivity index is 2.44. The molecule has 1 saturated carbocycles. The number of aliphatic hydroxyl groups is 1. The molecule has 0 aliphatic heterocycles. The first-order chi connectivity index (χ1) is 6.84. The van der Waals surface area contributed by atoms with Crippen LogP contribution in [0.1, 0.15) is 26.7 Å². The monoisotopic (exact) mass is 216 g/mol. The van der Waals surface area contributed by atoms with E-state index in [9.17, 15) is 9.59 Å². The topological polar surface area (TPSA) is 98.7 Å². The van der Waals surface area contributed by atoms with Gasteiger partial charge in [0, 0.05) is 5.54 Å². The maximum atomic E-state index is 11.3. The van der Waals surface area contributed by atoms with E-state index in [2.05, 4.69) is 10.6 Å². The molecule has 0 aromatic rings. The third kappa shape index (κ3) is 3.39. The molecule has 0 spiro atoms. The van der Waals surface area contributed by atoms with Gasteiger partial charge in [-0.05, 0) is 26.7 Å². The van der Waals surface area contributed by atoms with Gasteiger partial charge in [0.05, 0.1) is 6.10 Å². The zero-order chi connectivity index (χ0) is 11.6. The van der Waals surface area contributed by atoms with Crippen LogP contribution >= 0.6 is 0 Å². The lowest BCUT2D eigenvalue weighted by Gasteiger charge is -2.19. The Labute approximate surface area is 87.7 Å². The molecule has 2 amide bonds. The van der Waals surface area contributed by atoms with Crippen molar-refractivity contribution in [2.45, 2.75) is 44.4 Å². The van der Waals surface area contributed by atoms with E-state index in [1.165, 1.54) is 6.92 Å². The highest BCUT2D eigenvalue weighted by Gasteiger charge is 2.39. The average molecular weight is 216 g/mol. The third-order valence-electron chi connectivity index (χ3n) is 2.45. The number of carboxylic acids is 1. The number of carbonyl (C=O) groups excluding carboxylic acids is 1. The number of urea groups is 1. The average Bonchev–Trinajstić information content (AvgIpc) is 2.78. The lowest BCUT2D eigenvalue weighted by molar-refractivity contribution is -0.141. The van der Waals surface area contributed by atoms with Gasteiger partial charge in [-0.2, -0.15) is 0 Å². The minimum atomic E-state index is -1.27. The van der Waals surface area contributed by atoms with Gasteiger partial charge in [0.1, 0.15) is 0 Å². The van der Waals surface area contributed by atoms with Crippen LogP contribution in [0.15, 0.2) is 0 Å². The molecular formula is C9H16N2O4.